The summed E-state index contributed by atoms with van der Waals surface area (Å²) in [5.41, 5.74) is 1.94. The van der Waals surface area contributed by atoms with Crippen LogP contribution in [-0.4, -0.2) is 44.6 Å². The minimum atomic E-state index is -0.455. The molecule has 0 radical (unpaired) electrons. The summed E-state index contributed by atoms with van der Waals surface area (Å²) in [6, 6.07) is 5.12. The molecule has 1 aliphatic heterocycles. The van der Waals surface area contributed by atoms with Crippen molar-refractivity contribution in [3.05, 3.63) is 35.0 Å². The number of carbonyl (C=O) groups is 1. The molecule has 0 saturated carbocycles. The maximum absolute atomic E-state index is 12.6. The van der Waals surface area contributed by atoms with E-state index in [1.807, 2.05) is 32.0 Å². The van der Waals surface area contributed by atoms with Gasteiger partial charge in [-0.25, -0.2) is 4.79 Å². The second-order valence-corrected chi connectivity index (χ2v) is 6.18. The van der Waals surface area contributed by atoms with Gasteiger partial charge in [-0.3, -0.25) is 0 Å². The van der Waals surface area contributed by atoms with Crippen LogP contribution in [0.1, 0.15) is 32.4 Å². The minimum absolute atomic E-state index is 0.177. The Morgan fingerprint density at radius 1 is 1.15 bits per heavy atom. The van der Waals surface area contributed by atoms with Gasteiger partial charge < -0.3 is 29.6 Å². The van der Waals surface area contributed by atoms with Crippen LogP contribution in [0.15, 0.2) is 29.5 Å². The Balaban J connectivity index is 2.37. The highest BCUT2D eigenvalue weighted by atomic mass is 32.1. The third kappa shape index (κ3) is 5.33. The van der Waals surface area contributed by atoms with E-state index >= 15 is 0 Å². The number of thiocarbonyl (C=S) groups is 1. The highest BCUT2D eigenvalue weighted by molar-refractivity contribution is 7.80. The predicted molar refractivity (Wildman–Crippen MR) is 106 cm³/mol. The third-order valence-electron chi connectivity index (χ3n) is 3.91. The highest BCUT2D eigenvalue weighted by Gasteiger charge is 2.31. The molecule has 1 aromatic rings. The average molecular weight is 394 g/mol. The summed E-state index contributed by atoms with van der Waals surface area (Å²) >= 11 is 5.27. The van der Waals surface area contributed by atoms with Crippen molar-refractivity contribution in [1.29, 1.82) is 0 Å². The van der Waals surface area contributed by atoms with E-state index in [9.17, 15) is 4.79 Å². The van der Waals surface area contributed by atoms with Crippen LogP contribution < -0.4 is 20.1 Å². The molecule has 0 saturated heterocycles. The number of rotatable bonds is 9. The van der Waals surface area contributed by atoms with Gasteiger partial charge in [-0.2, -0.15) is 0 Å². The zero-order valence-corrected chi connectivity index (χ0v) is 16.9. The molecule has 1 atom stereocenters. The molecule has 0 bridgehead atoms. The summed E-state index contributed by atoms with van der Waals surface area (Å²) in [5, 5.41) is 6.57. The number of allylic oxidation sites excluding steroid dienone is 1. The van der Waals surface area contributed by atoms with Crippen LogP contribution in [0.4, 0.5) is 0 Å². The molecule has 0 spiro atoms. The first-order chi connectivity index (χ1) is 13.0. The van der Waals surface area contributed by atoms with E-state index in [0.717, 1.165) is 5.56 Å². The van der Waals surface area contributed by atoms with Gasteiger partial charge in [0.05, 0.1) is 31.4 Å². The molecule has 27 heavy (non-hydrogen) atoms. The lowest BCUT2D eigenvalue weighted by atomic mass is 9.95. The second-order valence-electron chi connectivity index (χ2n) is 5.77. The first kappa shape index (κ1) is 21.0. The zero-order chi connectivity index (χ0) is 19.8. The highest BCUT2D eigenvalue weighted by Crippen LogP contribution is 2.34. The molecule has 7 nitrogen and oxygen atoms in total. The first-order valence-corrected chi connectivity index (χ1v) is 9.26. The van der Waals surface area contributed by atoms with E-state index in [1.54, 1.807) is 14.0 Å². The van der Waals surface area contributed by atoms with Gasteiger partial charge in [-0.1, -0.05) is 6.07 Å². The summed E-state index contributed by atoms with van der Waals surface area (Å²) in [6.45, 7) is 7.16. The summed E-state index contributed by atoms with van der Waals surface area (Å²) in [4.78, 5) is 12.6. The molecule has 2 N–H and O–H groups in total. The molecule has 1 unspecified atom stereocenters. The van der Waals surface area contributed by atoms with Crippen molar-refractivity contribution in [3.63, 3.8) is 0 Å². The number of esters is 1. The SMILES string of the molecule is CCOc1ccc(C2NC(=S)NC(C)=C2C(=O)OCCOC)cc1OCC. The van der Waals surface area contributed by atoms with E-state index in [2.05, 4.69) is 10.6 Å². The minimum Gasteiger partial charge on any atom is -0.490 e. The van der Waals surface area contributed by atoms with Crippen molar-refractivity contribution in [1.82, 2.24) is 10.6 Å². The Labute approximate surface area is 165 Å². The van der Waals surface area contributed by atoms with Crippen LogP contribution in [0.3, 0.4) is 0 Å². The fraction of sp³-hybridized carbons (Fsp3) is 0.474. The van der Waals surface area contributed by atoms with E-state index in [0.29, 0.717) is 47.7 Å². The van der Waals surface area contributed by atoms with Crippen LogP contribution in [-0.2, 0) is 14.3 Å². The molecule has 0 aliphatic carbocycles. The number of carbonyl (C=O) groups excluding carboxylic acids is 1. The summed E-state index contributed by atoms with van der Waals surface area (Å²) < 4.78 is 21.6. The second kappa shape index (κ2) is 10.1. The Hall–Kier alpha value is -2.32. The first-order valence-electron chi connectivity index (χ1n) is 8.85. The van der Waals surface area contributed by atoms with Crippen molar-refractivity contribution in [2.45, 2.75) is 26.8 Å². The van der Waals surface area contributed by atoms with Gasteiger partial charge in [-0.15, -0.1) is 0 Å². The lowest BCUT2D eigenvalue weighted by Gasteiger charge is -2.30. The molecule has 1 aliphatic rings. The molecule has 0 aromatic heterocycles. The van der Waals surface area contributed by atoms with Gasteiger partial charge >= 0.3 is 5.97 Å². The van der Waals surface area contributed by atoms with Crippen molar-refractivity contribution in [2.24, 2.45) is 0 Å². The van der Waals surface area contributed by atoms with E-state index in [-0.39, 0.29) is 6.61 Å². The summed E-state index contributed by atoms with van der Waals surface area (Å²) in [5.74, 6) is 0.848. The smallest absolute Gasteiger partial charge is 0.338 e. The largest absolute Gasteiger partial charge is 0.490 e. The van der Waals surface area contributed by atoms with Crippen LogP contribution in [0, 0.1) is 0 Å². The molecule has 148 valence electrons. The Bertz CT molecular complexity index is 720. The van der Waals surface area contributed by atoms with Crippen LogP contribution in [0.5, 0.6) is 11.5 Å². The van der Waals surface area contributed by atoms with Crippen molar-refractivity contribution in [3.8, 4) is 11.5 Å². The van der Waals surface area contributed by atoms with Crippen LogP contribution in [0.2, 0.25) is 0 Å². The molecule has 1 heterocycles. The lowest BCUT2D eigenvalue weighted by Crippen LogP contribution is -2.45. The number of methoxy groups -OCH3 is 1. The molecule has 2 rings (SSSR count). The quantitative estimate of drug-likeness (QED) is 0.376. The lowest BCUT2D eigenvalue weighted by molar-refractivity contribution is -0.140. The Kier molecular flexibility index (Phi) is 7.87. The topological polar surface area (TPSA) is 78.1 Å². The molecular weight excluding hydrogens is 368 g/mol. The number of benzene rings is 1. The molecule has 0 fully saturated rings. The van der Waals surface area contributed by atoms with Gasteiger partial charge in [-0.05, 0) is 50.7 Å². The Morgan fingerprint density at radius 2 is 1.85 bits per heavy atom. The van der Waals surface area contributed by atoms with Crippen molar-refractivity contribution in [2.75, 3.05) is 33.5 Å². The fourth-order valence-electron chi connectivity index (χ4n) is 2.76. The monoisotopic (exact) mass is 394 g/mol. The predicted octanol–water partition coefficient (Wildman–Crippen LogP) is 2.47. The van der Waals surface area contributed by atoms with E-state index < -0.39 is 12.0 Å². The molecule has 1 aromatic carbocycles. The maximum atomic E-state index is 12.6. The molecule has 8 heteroatoms. The number of nitrogens with one attached hydrogen (secondary N) is 2. The fourth-order valence-corrected chi connectivity index (χ4v) is 3.03. The summed E-state index contributed by atoms with van der Waals surface area (Å²) in [6.07, 6.45) is 0. The number of hydrogen-bond acceptors (Lipinski definition) is 6. The van der Waals surface area contributed by atoms with Gasteiger partial charge in [0.25, 0.3) is 0 Å². The standard InChI is InChI=1S/C19H26N2O5S/c1-5-24-14-8-7-13(11-15(14)25-6-2)17-16(12(3)20-19(27)21-17)18(22)26-10-9-23-4/h7-8,11,17H,5-6,9-10H2,1-4H3,(H2,20,21,27). The van der Waals surface area contributed by atoms with Gasteiger partial charge in [0.15, 0.2) is 16.6 Å². The average Bonchev–Trinajstić information content (AvgIpc) is 2.63. The van der Waals surface area contributed by atoms with E-state index in [4.69, 9.17) is 31.2 Å². The molecule has 0 amide bonds. The van der Waals surface area contributed by atoms with Crippen molar-refractivity contribution < 1.29 is 23.7 Å². The third-order valence-corrected chi connectivity index (χ3v) is 4.13. The Morgan fingerprint density at radius 3 is 2.52 bits per heavy atom. The van der Waals surface area contributed by atoms with Gasteiger partial charge in [0, 0.05) is 12.8 Å². The number of ether oxygens (including phenoxy) is 4. The van der Waals surface area contributed by atoms with Gasteiger partial charge in [0.2, 0.25) is 0 Å². The van der Waals surface area contributed by atoms with E-state index in [1.165, 1.54) is 0 Å². The van der Waals surface area contributed by atoms with Crippen LogP contribution in [0.25, 0.3) is 0 Å². The normalized spacial score (nSPS) is 16.4. The van der Waals surface area contributed by atoms with Gasteiger partial charge in [0.1, 0.15) is 6.61 Å². The number of hydrogen-bond donors (Lipinski definition) is 2. The van der Waals surface area contributed by atoms with Crippen molar-refractivity contribution >= 4 is 23.3 Å². The summed E-state index contributed by atoms with van der Waals surface area (Å²) in [7, 11) is 1.55. The van der Waals surface area contributed by atoms with Crippen LogP contribution >= 0.6 is 12.2 Å². The maximum Gasteiger partial charge on any atom is 0.338 e. The zero-order valence-electron chi connectivity index (χ0n) is 16.1. The molecular formula is C19H26N2O5S.